The van der Waals surface area contributed by atoms with Crippen LogP contribution in [0, 0.1) is 5.92 Å². The van der Waals surface area contributed by atoms with E-state index in [4.69, 9.17) is 0 Å². The second-order valence-electron chi connectivity index (χ2n) is 6.99. The van der Waals surface area contributed by atoms with Crippen molar-refractivity contribution in [1.82, 2.24) is 13.9 Å². The summed E-state index contributed by atoms with van der Waals surface area (Å²) in [7, 11) is -0.323. The Hall–Kier alpha value is -1.44. The molecule has 0 atom stereocenters. The highest BCUT2D eigenvalue weighted by atomic mass is 32.2. The van der Waals surface area contributed by atoms with Gasteiger partial charge >= 0.3 is 0 Å². The number of benzene rings is 1. The van der Waals surface area contributed by atoms with Gasteiger partial charge < -0.3 is 5.32 Å². The van der Waals surface area contributed by atoms with Gasteiger partial charge in [0, 0.05) is 39.6 Å². The van der Waals surface area contributed by atoms with Gasteiger partial charge in [0.25, 0.3) is 10.2 Å². The first-order chi connectivity index (χ1) is 12.3. The zero-order chi connectivity index (χ0) is 19.3. The van der Waals surface area contributed by atoms with Crippen LogP contribution in [-0.2, 0) is 34.4 Å². The number of piperidine rings is 1. The molecule has 2 rings (SSSR count). The summed E-state index contributed by atoms with van der Waals surface area (Å²) in [6, 6.07) is 6.46. The minimum atomic E-state index is -3.39. The Balaban J connectivity index is 1.92. The summed E-state index contributed by atoms with van der Waals surface area (Å²) >= 11 is 0. The van der Waals surface area contributed by atoms with E-state index in [9.17, 15) is 13.2 Å². The number of rotatable bonds is 7. The molecule has 0 saturated carbocycles. The third kappa shape index (κ3) is 4.84. The summed E-state index contributed by atoms with van der Waals surface area (Å²) in [5, 5.41) is 3.05. The molecule has 1 fully saturated rings. The lowest BCUT2D eigenvalue weighted by Gasteiger charge is -2.32. The van der Waals surface area contributed by atoms with Crippen LogP contribution in [0.5, 0.6) is 0 Å². The lowest BCUT2D eigenvalue weighted by molar-refractivity contribution is -0.126. The number of carbonyl (C=O) groups excluding carboxylic acids is 1. The van der Waals surface area contributed by atoms with Crippen molar-refractivity contribution in [3.8, 4) is 0 Å². The molecule has 1 aliphatic rings. The van der Waals surface area contributed by atoms with E-state index in [1.54, 1.807) is 0 Å². The molecule has 0 spiro atoms. The van der Waals surface area contributed by atoms with Crippen molar-refractivity contribution in [1.29, 1.82) is 0 Å². The molecule has 0 radical (unpaired) electrons. The molecule has 6 nitrogen and oxygen atoms in total. The molecule has 7 heteroatoms. The summed E-state index contributed by atoms with van der Waals surface area (Å²) < 4.78 is 27.0. The zero-order valence-electron chi connectivity index (χ0n) is 16.3. The van der Waals surface area contributed by atoms with Gasteiger partial charge in [-0.25, -0.2) is 0 Å². The Labute approximate surface area is 157 Å². The van der Waals surface area contributed by atoms with E-state index < -0.39 is 10.2 Å². The van der Waals surface area contributed by atoms with Crippen molar-refractivity contribution < 1.29 is 13.2 Å². The van der Waals surface area contributed by atoms with Gasteiger partial charge in [0.2, 0.25) is 5.91 Å². The van der Waals surface area contributed by atoms with E-state index in [1.165, 1.54) is 39.4 Å². The first-order valence-corrected chi connectivity index (χ1v) is 10.7. The lowest BCUT2D eigenvalue weighted by Crippen LogP contribution is -2.46. The van der Waals surface area contributed by atoms with E-state index in [0.29, 0.717) is 32.5 Å². The van der Waals surface area contributed by atoms with Crippen LogP contribution in [0.2, 0.25) is 0 Å². The zero-order valence-corrected chi connectivity index (χ0v) is 17.1. The summed E-state index contributed by atoms with van der Waals surface area (Å²) in [4.78, 5) is 12.5. The highest BCUT2D eigenvalue weighted by molar-refractivity contribution is 7.86. The number of amides is 1. The van der Waals surface area contributed by atoms with E-state index in [-0.39, 0.29) is 11.8 Å². The highest BCUT2D eigenvalue weighted by Gasteiger charge is 2.32. The lowest BCUT2D eigenvalue weighted by atomic mass is 9.96. The fraction of sp³-hybridized carbons (Fsp3) is 0.632. The van der Waals surface area contributed by atoms with Crippen molar-refractivity contribution >= 4 is 16.1 Å². The Morgan fingerprint density at radius 2 is 1.81 bits per heavy atom. The molecule has 0 aliphatic carbocycles. The molecule has 1 amide bonds. The summed E-state index contributed by atoms with van der Waals surface area (Å²) in [6.07, 6.45) is 3.04. The number of carbonyl (C=O) groups is 1. The van der Waals surface area contributed by atoms with Gasteiger partial charge in [0.1, 0.15) is 0 Å². The fourth-order valence-electron chi connectivity index (χ4n) is 3.31. The molecule has 0 unspecified atom stereocenters. The molecule has 1 heterocycles. The average molecular weight is 382 g/mol. The number of hydrogen-bond acceptors (Lipinski definition) is 3. The normalized spacial score (nSPS) is 16.8. The van der Waals surface area contributed by atoms with Gasteiger partial charge in [-0.2, -0.15) is 17.0 Å². The van der Waals surface area contributed by atoms with Gasteiger partial charge in [-0.15, -0.1) is 0 Å². The van der Waals surface area contributed by atoms with Crippen LogP contribution in [0.3, 0.4) is 0 Å². The topological polar surface area (TPSA) is 69.7 Å². The predicted molar refractivity (Wildman–Crippen MR) is 104 cm³/mol. The number of nitrogens with zero attached hydrogens (tertiary/aromatic N) is 2. The van der Waals surface area contributed by atoms with Crippen LogP contribution < -0.4 is 5.32 Å². The van der Waals surface area contributed by atoms with Crippen molar-refractivity contribution in [3.05, 3.63) is 34.9 Å². The minimum Gasteiger partial charge on any atom is -0.352 e. The van der Waals surface area contributed by atoms with Crippen molar-refractivity contribution in [3.63, 3.8) is 0 Å². The number of nitrogens with one attached hydrogen (secondary N) is 1. The molecule has 1 aromatic rings. The summed E-state index contributed by atoms with van der Waals surface area (Å²) in [5.74, 6) is -0.0982. The second kappa shape index (κ2) is 8.97. The molecule has 0 aromatic heterocycles. The molecule has 146 valence electrons. The minimum absolute atomic E-state index is 0.0239. The van der Waals surface area contributed by atoms with E-state index in [2.05, 4.69) is 37.4 Å². The van der Waals surface area contributed by atoms with Gasteiger partial charge in [-0.05, 0) is 42.4 Å². The average Bonchev–Trinajstić information content (AvgIpc) is 2.65. The summed E-state index contributed by atoms with van der Waals surface area (Å²) in [6.45, 7) is 5.56. The molecule has 1 saturated heterocycles. The first-order valence-electron chi connectivity index (χ1n) is 9.35. The quantitative estimate of drug-likeness (QED) is 0.785. The molecule has 0 bridgehead atoms. The molecule has 1 N–H and O–H groups in total. The SMILES string of the molecule is CCc1ccc(CC)c(CNC(=O)C2CCN(S(=O)(=O)N(C)C)CC2)c1. The summed E-state index contributed by atoms with van der Waals surface area (Å²) in [5.41, 5.74) is 3.70. The molecule has 26 heavy (non-hydrogen) atoms. The Kier molecular flexibility index (Phi) is 7.20. The first kappa shape index (κ1) is 20.9. The predicted octanol–water partition coefficient (Wildman–Crippen LogP) is 1.95. The van der Waals surface area contributed by atoms with Crippen molar-refractivity contribution in [2.75, 3.05) is 27.2 Å². The maximum absolute atomic E-state index is 12.5. The molecule has 1 aromatic carbocycles. The number of hydrogen-bond donors (Lipinski definition) is 1. The smallest absolute Gasteiger partial charge is 0.281 e. The largest absolute Gasteiger partial charge is 0.352 e. The van der Waals surface area contributed by atoms with Crippen molar-refractivity contribution in [2.45, 2.75) is 46.1 Å². The van der Waals surface area contributed by atoms with Crippen LogP contribution in [-0.4, -0.2) is 50.1 Å². The standard InChI is InChI=1S/C19H31N3O3S/c1-5-15-7-8-16(6-2)18(13-15)14-20-19(23)17-9-11-22(12-10-17)26(24,25)21(3)4/h7-8,13,17H,5-6,9-12,14H2,1-4H3,(H,20,23). The third-order valence-electron chi connectivity index (χ3n) is 5.13. The maximum Gasteiger partial charge on any atom is 0.281 e. The Morgan fingerprint density at radius 3 is 2.35 bits per heavy atom. The molecular weight excluding hydrogens is 350 g/mol. The van der Waals surface area contributed by atoms with E-state index in [0.717, 1.165) is 12.8 Å². The van der Waals surface area contributed by atoms with Gasteiger partial charge in [-0.1, -0.05) is 32.0 Å². The van der Waals surface area contributed by atoms with Gasteiger partial charge in [0.15, 0.2) is 0 Å². The van der Waals surface area contributed by atoms with E-state index in [1.807, 2.05) is 0 Å². The van der Waals surface area contributed by atoms with Crippen LogP contribution in [0.4, 0.5) is 0 Å². The van der Waals surface area contributed by atoms with Gasteiger partial charge in [0.05, 0.1) is 0 Å². The van der Waals surface area contributed by atoms with Gasteiger partial charge in [-0.3, -0.25) is 4.79 Å². The highest BCUT2D eigenvalue weighted by Crippen LogP contribution is 2.21. The fourth-order valence-corrected chi connectivity index (χ4v) is 4.45. The van der Waals surface area contributed by atoms with Crippen LogP contribution in [0.25, 0.3) is 0 Å². The second-order valence-corrected chi connectivity index (χ2v) is 9.13. The van der Waals surface area contributed by atoms with Crippen LogP contribution in [0.15, 0.2) is 18.2 Å². The third-order valence-corrected chi connectivity index (χ3v) is 7.07. The molecule has 1 aliphatic heterocycles. The Bertz CT molecular complexity index is 724. The Morgan fingerprint density at radius 1 is 1.15 bits per heavy atom. The number of aryl methyl sites for hydroxylation is 2. The van der Waals surface area contributed by atoms with Crippen molar-refractivity contribution in [2.24, 2.45) is 5.92 Å². The van der Waals surface area contributed by atoms with Crippen LogP contribution in [0.1, 0.15) is 43.4 Å². The monoisotopic (exact) mass is 381 g/mol. The maximum atomic E-state index is 12.5. The molecular formula is C19H31N3O3S. The van der Waals surface area contributed by atoms with E-state index >= 15 is 0 Å². The van der Waals surface area contributed by atoms with Crippen LogP contribution >= 0.6 is 0 Å².